The van der Waals surface area contributed by atoms with Crippen LogP contribution in [-0.2, 0) is 7.05 Å². The molecule has 0 aliphatic carbocycles. The Kier molecular flexibility index (Phi) is 4.53. The minimum absolute atomic E-state index is 0.260. The Hall–Kier alpha value is -1.87. The third-order valence-corrected chi connectivity index (χ3v) is 2.86. The fourth-order valence-electron chi connectivity index (χ4n) is 1.26. The lowest BCUT2D eigenvalue weighted by Crippen LogP contribution is -2.13. The van der Waals surface area contributed by atoms with E-state index >= 15 is 0 Å². The van der Waals surface area contributed by atoms with Crippen LogP contribution >= 0.6 is 11.8 Å². The second kappa shape index (κ2) is 6.34. The van der Waals surface area contributed by atoms with E-state index in [2.05, 4.69) is 25.5 Å². The van der Waals surface area contributed by atoms with E-state index in [1.54, 1.807) is 10.9 Å². The van der Waals surface area contributed by atoms with Gasteiger partial charge < -0.3 is 4.74 Å². The average molecular weight is 281 g/mol. The molecule has 3 N–H and O–H groups in total. The zero-order valence-electron chi connectivity index (χ0n) is 10.7. The summed E-state index contributed by atoms with van der Waals surface area (Å²) in [5, 5.41) is 4.58. The lowest BCUT2D eigenvalue weighted by molar-refractivity contribution is 0.288. The SMILES string of the molecule is CCCOc1nc(NN)nc(Sc2cnn(C)c2)n1. The van der Waals surface area contributed by atoms with Crippen LogP contribution in [0.4, 0.5) is 5.95 Å². The van der Waals surface area contributed by atoms with E-state index < -0.39 is 0 Å². The molecule has 19 heavy (non-hydrogen) atoms. The van der Waals surface area contributed by atoms with Gasteiger partial charge in [-0.05, 0) is 18.2 Å². The Bertz CT molecular complexity index is 544. The number of hydrogen-bond acceptors (Lipinski definition) is 8. The van der Waals surface area contributed by atoms with E-state index in [0.717, 1.165) is 11.3 Å². The molecule has 0 fully saturated rings. The summed E-state index contributed by atoms with van der Waals surface area (Å²) in [6.07, 6.45) is 4.48. The zero-order valence-corrected chi connectivity index (χ0v) is 11.5. The van der Waals surface area contributed by atoms with Crippen molar-refractivity contribution in [3.8, 4) is 6.01 Å². The summed E-state index contributed by atoms with van der Waals surface area (Å²) in [5.41, 5.74) is 2.40. The van der Waals surface area contributed by atoms with Crippen LogP contribution in [0, 0.1) is 0 Å². The maximum absolute atomic E-state index is 5.39. The molecule has 0 radical (unpaired) electrons. The molecule has 0 spiro atoms. The first-order valence-electron chi connectivity index (χ1n) is 5.73. The Morgan fingerprint density at radius 1 is 1.42 bits per heavy atom. The molecule has 0 saturated carbocycles. The summed E-state index contributed by atoms with van der Waals surface area (Å²) in [6, 6.07) is 0.260. The van der Waals surface area contributed by atoms with Gasteiger partial charge in [-0.1, -0.05) is 6.92 Å². The molecule has 2 rings (SSSR count). The highest BCUT2D eigenvalue weighted by Crippen LogP contribution is 2.25. The number of anilines is 1. The van der Waals surface area contributed by atoms with E-state index in [9.17, 15) is 0 Å². The Morgan fingerprint density at radius 3 is 2.89 bits per heavy atom. The first kappa shape index (κ1) is 13.6. The average Bonchev–Trinajstić information content (AvgIpc) is 2.81. The van der Waals surface area contributed by atoms with Gasteiger partial charge in [0, 0.05) is 13.2 Å². The summed E-state index contributed by atoms with van der Waals surface area (Å²) in [5.74, 6) is 5.60. The van der Waals surface area contributed by atoms with Crippen LogP contribution in [0.25, 0.3) is 0 Å². The highest BCUT2D eigenvalue weighted by molar-refractivity contribution is 7.99. The van der Waals surface area contributed by atoms with Gasteiger partial charge in [0.25, 0.3) is 0 Å². The third kappa shape index (κ3) is 3.80. The maximum Gasteiger partial charge on any atom is 0.322 e. The quantitative estimate of drug-likeness (QED) is 0.592. The van der Waals surface area contributed by atoms with Gasteiger partial charge in [-0.3, -0.25) is 10.1 Å². The Morgan fingerprint density at radius 2 is 2.26 bits per heavy atom. The lowest BCUT2D eigenvalue weighted by atomic mass is 10.5. The molecule has 0 aliphatic heterocycles. The number of nitrogen functional groups attached to an aromatic ring is 1. The summed E-state index contributed by atoms with van der Waals surface area (Å²) in [6.45, 7) is 2.56. The summed E-state index contributed by atoms with van der Waals surface area (Å²) in [4.78, 5) is 13.3. The van der Waals surface area contributed by atoms with Crippen LogP contribution in [0.15, 0.2) is 22.4 Å². The van der Waals surface area contributed by atoms with Gasteiger partial charge in [-0.15, -0.1) is 0 Å². The third-order valence-electron chi connectivity index (χ3n) is 2.05. The minimum atomic E-state index is 0.260. The maximum atomic E-state index is 5.39. The Balaban J connectivity index is 2.18. The van der Waals surface area contributed by atoms with Crippen LogP contribution in [0.1, 0.15) is 13.3 Å². The predicted octanol–water partition coefficient (Wildman–Crippen LogP) is 0.831. The number of hydrazine groups is 1. The molecule has 0 bridgehead atoms. The van der Waals surface area contributed by atoms with Crippen LogP contribution in [-0.4, -0.2) is 31.3 Å². The van der Waals surface area contributed by atoms with Gasteiger partial charge in [-0.25, -0.2) is 5.84 Å². The summed E-state index contributed by atoms with van der Waals surface area (Å²) >= 11 is 1.36. The van der Waals surface area contributed by atoms with Crippen LogP contribution < -0.4 is 16.0 Å². The largest absolute Gasteiger partial charge is 0.463 e. The second-order valence-electron chi connectivity index (χ2n) is 3.67. The van der Waals surface area contributed by atoms with Gasteiger partial charge in [0.1, 0.15) is 0 Å². The molecule has 102 valence electrons. The van der Waals surface area contributed by atoms with E-state index in [0.29, 0.717) is 11.8 Å². The summed E-state index contributed by atoms with van der Waals surface area (Å²) in [7, 11) is 1.85. The molecule has 0 atom stereocenters. The minimum Gasteiger partial charge on any atom is -0.463 e. The zero-order chi connectivity index (χ0) is 13.7. The van der Waals surface area contributed by atoms with Gasteiger partial charge in [0.05, 0.1) is 17.7 Å². The van der Waals surface area contributed by atoms with Crippen molar-refractivity contribution in [3.05, 3.63) is 12.4 Å². The molecule has 9 heteroatoms. The fraction of sp³-hybridized carbons (Fsp3) is 0.400. The number of hydrogen-bond donors (Lipinski definition) is 2. The first-order valence-corrected chi connectivity index (χ1v) is 6.55. The number of rotatable bonds is 6. The van der Waals surface area contributed by atoms with Crippen LogP contribution in [0.3, 0.4) is 0 Å². The van der Waals surface area contributed by atoms with Crippen molar-refractivity contribution in [1.29, 1.82) is 0 Å². The first-order chi connectivity index (χ1) is 9.21. The van der Waals surface area contributed by atoms with E-state index in [-0.39, 0.29) is 12.0 Å². The van der Waals surface area contributed by atoms with Crippen molar-refractivity contribution in [2.24, 2.45) is 12.9 Å². The number of nitrogens with zero attached hydrogens (tertiary/aromatic N) is 5. The van der Waals surface area contributed by atoms with Gasteiger partial charge >= 0.3 is 6.01 Å². The van der Waals surface area contributed by atoms with Gasteiger partial charge in [0.2, 0.25) is 11.1 Å². The van der Waals surface area contributed by atoms with E-state index in [4.69, 9.17) is 10.6 Å². The Labute approximate surface area is 114 Å². The molecule has 0 saturated heterocycles. The van der Waals surface area contributed by atoms with Crippen molar-refractivity contribution < 1.29 is 4.74 Å². The molecule has 0 amide bonds. The van der Waals surface area contributed by atoms with Gasteiger partial charge in [-0.2, -0.15) is 20.1 Å². The standard InChI is InChI=1S/C10H15N7OS/c1-3-4-18-9-13-8(16-11)14-10(15-9)19-7-5-12-17(2)6-7/h5-6H,3-4,11H2,1-2H3,(H,13,14,15,16). The van der Waals surface area contributed by atoms with E-state index in [1.807, 2.05) is 20.2 Å². The topological polar surface area (TPSA) is 104 Å². The molecule has 8 nitrogen and oxygen atoms in total. The number of aryl methyl sites for hydroxylation is 1. The fourth-order valence-corrected chi connectivity index (χ4v) is 2.03. The lowest BCUT2D eigenvalue weighted by Gasteiger charge is -2.06. The molecule has 0 unspecified atom stereocenters. The van der Waals surface area contributed by atoms with Crippen molar-refractivity contribution >= 4 is 17.7 Å². The number of aromatic nitrogens is 5. The monoisotopic (exact) mass is 281 g/mol. The number of nitrogens with one attached hydrogen (secondary N) is 1. The van der Waals surface area contributed by atoms with Crippen molar-refractivity contribution in [2.75, 3.05) is 12.0 Å². The van der Waals surface area contributed by atoms with Crippen molar-refractivity contribution in [2.45, 2.75) is 23.4 Å². The van der Waals surface area contributed by atoms with Crippen LogP contribution in [0.2, 0.25) is 0 Å². The van der Waals surface area contributed by atoms with Crippen molar-refractivity contribution in [3.63, 3.8) is 0 Å². The van der Waals surface area contributed by atoms with Gasteiger partial charge in [0.15, 0.2) is 0 Å². The molecular formula is C10H15N7OS. The second-order valence-corrected chi connectivity index (χ2v) is 4.71. The highest BCUT2D eigenvalue weighted by atomic mass is 32.2. The normalized spacial score (nSPS) is 10.5. The molecular weight excluding hydrogens is 266 g/mol. The molecule has 2 aromatic heterocycles. The van der Waals surface area contributed by atoms with Crippen LogP contribution in [0.5, 0.6) is 6.01 Å². The summed E-state index contributed by atoms with van der Waals surface area (Å²) < 4.78 is 7.10. The number of nitrogens with two attached hydrogens (primary N) is 1. The number of ether oxygens (including phenoxy) is 1. The highest BCUT2D eigenvalue weighted by Gasteiger charge is 2.09. The predicted molar refractivity (Wildman–Crippen MR) is 70.8 cm³/mol. The smallest absolute Gasteiger partial charge is 0.322 e. The molecule has 2 heterocycles. The van der Waals surface area contributed by atoms with Crippen molar-refractivity contribution in [1.82, 2.24) is 24.7 Å². The molecule has 2 aromatic rings. The van der Waals surface area contributed by atoms with E-state index in [1.165, 1.54) is 11.8 Å². The molecule has 0 aromatic carbocycles. The molecule has 0 aliphatic rings.